The number of aromatic nitrogens is 3. The summed E-state index contributed by atoms with van der Waals surface area (Å²) in [6.45, 7) is 6.69. The van der Waals surface area contributed by atoms with Crippen molar-refractivity contribution in [3.63, 3.8) is 0 Å². The van der Waals surface area contributed by atoms with Crippen LogP contribution in [0.1, 0.15) is 30.6 Å². The molecule has 4 rings (SSSR count). The molecular formula is C22H28ClN5O4. The number of hydrogen-bond acceptors (Lipinski definition) is 6. The molecule has 1 N–H and O–H groups in total. The molecule has 3 heterocycles. The highest BCUT2D eigenvalue weighted by Gasteiger charge is 2.27. The van der Waals surface area contributed by atoms with Crippen molar-refractivity contribution in [1.29, 1.82) is 0 Å². The van der Waals surface area contributed by atoms with Crippen LogP contribution in [0.2, 0.25) is 5.02 Å². The molecule has 2 aromatic rings. The molecule has 2 aliphatic rings. The first-order valence-corrected chi connectivity index (χ1v) is 11.3. The lowest BCUT2D eigenvalue weighted by Gasteiger charge is -2.25. The van der Waals surface area contributed by atoms with Crippen molar-refractivity contribution < 1.29 is 19.1 Å². The van der Waals surface area contributed by atoms with Gasteiger partial charge in [-0.3, -0.25) is 9.59 Å². The fourth-order valence-corrected chi connectivity index (χ4v) is 4.26. The Balaban J connectivity index is 1.34. The van der Waals surface area contributed by atoms with Gasteiger partial charge in [0.2, 0.25) is 5.91 Å². The quantitative estimate of drug-likeness (QED) is 0.703. The van der Waals surface area contributed by atoms with Crippen molar-refractivity contribution in [1.82, 2.24) is 25.0 Å². The van der Waals surface area contributed by atoms with E-state index in [4.69, 9.17) is 21.1 Å². The maximum atomic E-state index is 13.0. The van der Waals surface area contributed by atoms with Gasteiger partial charge < -0.3 is 24.3 Å². The van der Waals surface area contributed by atoms with E-state index >= 15 is 0 Å². The molecule has 0 aliphatic carbocycles. The number of amides is 2. The lowest BCUT2D eigenvalue weighted by Crippen LogP contribution is -2.42. The van der Waals surface area contributed by atoms with E-state index in [2.05, 4.69) is 15.5 Å². The first-order valence-electron chi connectivity index (χ1n) is 10.9. The Kier molecular flexibility index (Phi) is 6.95. The van der Waals surface area contributed by atoms with E-state index in [1.165, 1.54) is 0 Å². The van der Waals surface area contributed by atoms with Gasteiger partial charge in [0.15, 0.2) is 11.9 Å². The Hall–Kier alpha value is -2.65. The summed E-state index contributed by atoms with van der Waals surface area (Å²) in [6.07, 6.45) is 0.720. The molecule has 1 fully saturated rings. The summed E-state index contributed by atoms with van der Waals surface area (Å²) in [5.41, 5.74) is 0.884. The van der Waals surface area contributed by atoms with Crippen LogP contribution in [0.15, 0.2) is 18.2 Å². The van der Waals surface area contributed by atoms with E-state index in [0.29, 0.717) is 62.4 Å². The zero-order chi connectivity index (χ0) is 22.7. The minimum Gasteiger partial charge on any atom is -0.481 e. The average Bonchev–Trinajstić information content (AvgIpc) is 3.40. The number of halogens is 1. The van der Waals surface area contributed by atoms with Crippen LogP contribution in [0.3, 0.4) is 0 Å². The molecule has 0 unspecified atom stereocenters. The number of ether oxygens (including phenoxy) is 2. The molecule has 1 aromatic heterocycles. The Bertz CT molecular complexity index is 989. The summed E-state index contributed by atoms with van der Waals surface area (Å²) >= 11 is 6.00. The molecule has 1 saturated heterocycles. The second-order valence-corrected chi connectivity index (χ2v) is 8.64. The molecule has 0 spiro atoms. The van der Waals surface area contributed by atoms with Crippen molar-refractivity contribution in [2.45, 2.75) is 45.9 Å². The molecule has 172 valence electrons. The molecule has 0 saturated carbocycles. The molecule has 0 bridgehead atoms. The fraction of sp³-hybridized carbons (Fsp3) is 0.545. The predicted octanol–water partition coefficient (Wildman–Crippen LogP) is 1.74. The minimum atomic E-state index is -0.620. The van der Waals surface area contributed by atoms with Crippen molar-refractivity contribution in [2.24, 2.45) is 5.92 Å². The van der Waals surface area contributed by atoms with Crippen molar-refractivity contribution in [3.8, 4) is 5.75 Å². The van der Waals surface area contributed by atoms with Gasteiger partial charge >= 0.3 is 0 Å². The number of fused-ring (bicyclic) bond motifs is 1. The molecule has 2 atom stereocenters. The highest BCUT2D eigenvalue weighted by Crippen LogP contribution is 2.23. The molecule has 2 aliphatic heterocycles. The van der Waals surface area contributed by atoms with E-state index in [-0.39, 0.29) is 17.7 Å². The number of nitrogens with one attached hydrogen (secondary N) is 1. The van der Waals surface area contributed by atoms with Crippen LogP contribution in [0, 0.1) is 12.8 Å². The zero-order valence-corrected chi connectivity index (χ0v) is 19.1. The molecule has 9 nitrogen and oxygen atoms in total. The number of nitrogens with zero attached hydrogens (tertiary/aromatic N) is 4. The lowest BCUT2D eigenvalue weighted by molar-refractivity contribution is -0.138. The van der Waals surface area contributed by atoms with E-state index in [9.17, 15) is 9.59 Å². The number of benzene rings is 1. The normalized spacial score (nSPS) is 19.2. The highest BCUT2D eigenvalue weighted by atomic mass is 35.5. The second-order valence-electron chi connectivity index (χ2n) is 8.21. The fourth-order valence-electron chi connectivity index (χ4n) is 4.03. The van der Waals surface area contributed by atoms with Gasteiger partial charge in [-0.2, -0.15) is 0 Å². The third kappa shape index (κ3) is 5.05. The van der Waals surface area contributed by atoms with E-state index in [1.807, 2.05) is 17.6 Å². The second kappa shape index (κ2) is 9.87. The van der Waals surface area contributed by atoms with E-state index in [1.54, 1.807) is 24.0 Å². The number of aryl methyl sites for hydroxylation is 1. The third-order valence-electron chi connectivity index (χ3n) is 5.92. The zero-order valence-electron chi connectivity index (χ0n) is 18.3. The topological polar surface area (TPSA) is 98.6 Å². The Labute approximate surface area is 192 Å². The molecular weight excluding hydrogens is 434 g/mol. The first kappa shape index (κ1) is 22.5. The standard InChI is InChI=1S/C22H28ClN5O4/c1-14-11-17(23)3-4-18(14)32-15(2)22(30)27-7-5-19-25-26-20(28(19)9-8-27)12-24-21(29)16-6-10-31-13-16/h3-4,11,15-16H,5-10,12-13H2,1-2H3,(H,24,29)/t15-,16-/m0/s1. The average molecular weight is 462 g/mol. The van der Waals surface area contributed by atoms with Gasteiger partial charge in [0, 0.05) is 37.7 Å². The number of carbonyl (C=O) groups is 2. The summed E-state index contributed by atoms with van der Waals surface area (Å²) in [6, 6.07) is 5.34. The SMILES string of the molecule is Cc1cc(Cl)ccc1O[C@@H](C)C(=O)N1CCc2nnc(CNC(=O)[C@H]3CCOC3)n2CC1. The van der Waals surface area contributed by atoms with E-state index in [0.717, 1.165) is 17.8 Å². The summed E-state index contributed by atoms with van der Waals surface area (Å²) < 4.78 is 13.2. The number of hydrogen-bond donors (Lipinski definition) is 1. The summed E-state index contributed by atoms with van der Waals surface area (Å²) in [5, 5.41) is 12.1. The van der Waals surface area contributed by atoms with Gasteiger partial charge in [0.25, 0.3) is 5.91 Å². The van der Waals surface area contributed by atoms with Gasteiger partial charge in [-0.15, -0.1) is 10.2 Å². The van der Waals surface area contributed by atoms with Crippen molar-refractivity contribution in [2.75, 3.05) is 26.3 Å². The lowest BCUT2D eigenvalue weighted by atomic mass is 10.1. The van der Waals surface area contributed by atoms with Gasteiger partial charge in [0.1, 0.15) is 11.6 Å². The van der Waals surface area contributed by atoms with Crippen LogP contribution in [0.5, 0.6) is 5.75 Å². The monoisotopic (exact) mass is 461 g/mol. The van der Waals surface area contributed by atoms with Crippen LogP contribution in [0.4, 0.5) is 0 Å². The molecule has 0 radical (unpaired) electrons. The van der Waals surface area contributed by atoms with E-state index < -0.39 is 6.10 Å². The van der Waals surface area contributed by atoms with Gasteiger partial charge in [-0.05, 0) is 44.0 Å². The Morgan fingerprint density at radius 2 is 2.16 bits per heavy atom. The summed E-state index contributed by atoms with van der Waals surface area (Å²) in [5.74, 6) is 1.97. The number of carbonyl (C=O) groups excluding carboxylic acids is 2. The van der Waals surface area contributed by atoms with Gasteiger partial charge in [0.05, 0.1) is 19.1 Å². The molecule has 2 amide bonds. The minimum absolute atomic E-state index is 0.0197. The van der Waals surface area contributed by atoms with Crippen LogP contribution in [-0.2, 0) is 33.8 Å². The Morgan fingerprint density at radius 3 is 2.91 bits per heavy atom. The van der Waals surface area contributed by atoms with Crippen LogP contribution >= 0.6 is 11.6 Å². The van der Waals surface area contributed by atoms with Crippen LogP contribution in [-0.4, -0.2) is 63.9 Å². The largest absolute Gasteiger partial charge is 0.481 e. The third-order valence-corrected chi connectivity index (χ3v) is 6.16. The highest BCUT2D eigenvalue weighted by molar-refractivity contribution is 6.30. The van der Waals surface area contributed by atoms with Crippen LogP contribution in [0.25, 0.3) is 0 Å². The number of rotatable bonds is 6. The van der Waals surface area contributed by atoms with Crippen LogP contribution < -0.4 is 10.1 Å². The molecule has 32 heavy (non-hydrogen) atoms. The van der Waals surface area contributed by atoms with Crippen molar-refractivity contribution in [3.05, 3.63) is 40.4 Å². The summed E-state index contributed by atoms with van der Waals surface area (Å²) in [7, 11) is 0. The summed E-state index contributed by atoms with van der Waals surface area (Å²) in [4.78, 5) is 27.1. The maximum absolute atomic E-state index is 13.0. The van der Waals surface area contributed by atoms with Crippen molar-refractivity contribution >= 4 is 23.4 Å². The predicted molar refractivity (Wildman–Crippen MR) is 117 cm³/mol. The molecule has 10 heteroatoms. The van der Waals surface area contributed by atoms with Gasteiger partial charge in [-0.1, -0.05) is 11.6 Å². The maximum Gasteiger partial charge on any atom is 0.263 e. The smallest absolute Gasteiger partial charge is 0.263 e. The first-order chi connectivity index (χ1) is 15.4. The molecule has 1 aromatic carbocycles. The van der Waals surface area contributed by atoms with Gasteiger partial charge in [-0.25, -0.2) is 0 Å². The Morgan fingerprint density at radius 1 is 1.31 bits per heavy atom.